The maximum absolute atomic E-state index is 14.0. The number of rotatable bonds is 30. The van der Waals surface area contributed by atoms with Crippen molar-refractivity contribution < 1.29 is 53.3 Å². The lowest BCUT2D eigenvalue weighted by molar-refractivity contribution is -0.138. The smallest absolute Gasteiger partial charge is 0.351 e. The molecule has 0 saturated carbocycles. The molecule has 30 heteroatoms. The van der Waals surface area contributed by atoms with E-state index in [1.807, 2.05) is 0 Å². The average molecular weight is 1100 g/mol. The van der Waals surface area contributed by atoms with Gasteiger partial charge in [-0.25, -0.2) is 9.59 Å². The number of nitrogens with two attached hydrogens (primary N) is 6. The number of amides is 5. The number of primary amides is 1. The summed E-state index contributed by atoms with van der Waals surface area (Å²) in [6, 6.07) is 5.80. The molecule has 422 valence electrons. The largest absolute Gasteiger partial charge is 0.508 e. The maximum atomic E-state index is 14.0. The van der Waals surface area contributed by atoms with E-state index in [2.05, 4.69) is 56.8 Å². The SMILES string of the molecule is C[C@H](NC(=O)[C@H](CCCCN)Nc1nc(Nc2ccc(-c3c4ccc(=O)cc-4oc4cc(O)ccc34)c(C(=O)O)c2)[nH]c(=O)n1)C(=O)N[C@@H](CCCN=C(N)N)C(=O)N[C@@H](CCC(=O)O)C(=O)N[C@@H](CCCN=C(N)N)C(N)=O. The number of phenols is 1. The number of carbonyl (C=O) groups is 7. The van der Waals surface area contributed by atoms with Gasteiger partial charge in [0.05, 0.1) is 5.56 Å². The van der Waals surface area contributed by atoms with E-state index < -0.39 is 90.2 Å². The molecule has 79 heavy (non-hydrogen) atoms. The number of fused-ring (bicyclic) bond motifs is 2. The van der Waals surface area contributed by atoms with Crippen molar-refractivity contribution >= 4 is 81.9 Å². The third-order valence-corrected chi connectivity index (χ3v) is 11.9. The van der Waals surface area contributed by atoms with Crippen LogP contribution in [0.4, 0.5) is 17.6 Å². The molecule has 3 aromatic rings. The van der Waals surface area contributed by atoms with Gasteiger partial charge in [-0.3, -0.25) is 48.5 Å². The number of carbonyl (C=O) groups excluding carboxylic acids is 5. The van der Waals surface area contributed by atoms with E-state index in [0.717, 1.165) is 0 Å². The number of nitrogens with zero attached hydrogens (tertiary/aromatic N) is 4. The predicted octanol–water partition coefficient (Wildman–Crippen LogP) is -1.48. The molecular weight excluding hydrogens is 1030 g/mol. The number of H-pyrrole nitrogens is 1. The molecular formula is C49H63N17O13. The number of anilines is 3. The number of aliphatic carboxylic acids is 1. The van der Waals surface area contributed by atoms with E-state index in [9.17, 15) is 58.5 Å². The molecule has 5 rings (SSSR count). The van der Waals surface area contributed by atoms with Gasteiger partial charge in [-0.1, -0.05) is 6.07 Å². The number of unbranched alkanes of at least 4 members (excludes halogenated alkanes) is 1. The summed E-state index contributed by atoms with van der Waals surface area (Å²) in [6.45, 7) is 1.67. The van der Waals surface area contributed by atoms with Crippen LogP contribution in [0.25, 0.3) is 33.4 Å². The summed E-state index contributed by atoms with van der Waals surface area (Å²) < 4.78 is 5.91. The number of aliphatic imine (C=N–C) groups is 2. The first-order valence-corrected chi connectivity index (χ1v) is 24.7. The Kier molecular flexibility index (Phi) is 21.5. The first-order valence-electron chi connectivity index (χ1n) is 24.7. The van der Waals surface area contributed by atoms with Gasteiger partial charge in [0.25, 0.3) is 0 Å². The number of hydrogen-bond acceptors (Lipinski definition) is 18. The molecule has 1 aliphatic heterocycles. The van der Waals surface area contributed by atoms with Crippen molar-refractivity contribution in [1.29, 1.82) is 0 Å². The normalized spacial score (nSPS) is 12.9. The highest BCUT2D eigenvalue weighted by Crippen LogP contribution is 2.42. The highest BCUT2D eigenvalue weighted by molar-refractivity contribution is 6.08. The van der Waals surface area contributed by atoms with E-state index in [0.29, 0.717) is 29.4 Å². The third-order valence-electron chi connectivity index (χ3n) is 11.9. The van der Waals surface area contributed by atoms with Gasteiger partial charge in [0.1, 0.15) is 47.3 Å². The summed E-state index contributed by atoms with van der Waals surface area (Å²) in [5, 5.41) is 46.1. The van der Waals surface area contributed by atoms with Gasteiger partial charge in [0.2, 0.25) is 41.4 Å². The minimum absolute atomic E-state index is 0.00444. The number of carboxylic acid groups (broad SMARTS) is 2. The molecule has 5 amide bonds. The molecule has 2 aromatic carbocycles. The molecule has 2 aliphatic rings. The zero-order chi connectivity index (χ0) is 57.9. The number of hydrogen-bond donors (Lipinski definition) is 16. The Bertz CT molecular complexity index is 3190. The number of guanidine groups is 2. The van der Waals surface area contributed by atoms with Gasteiger partial charge in [-0.15, -0.1) is 0 Å². The van der Waals surface area contributed by atoms with Crippen molar-refractivity contribution in [3.63, 3.8) is 0 Å². The Morgan fingerprint density at radius 1 is 0.684 bits per heavy atom. The Labute approximate surface area is 449 Å². The number of aromatic carboxylic acids is 1. The number of carboxylic acids is 2. The zero-order valence-corrected chi connectivity index (χ0v) is 42.7. The van der Waals surface area contributed by atoms with Gasteiger partial charge in [0, 0.05) is 53.8 Å². The van der Waals surface area contributed by atoms with Crippen LogP contribution in [0.2, 0.25) is 0 Å². The summed E-state index contributed by atoms with van der Waals surface area (Å²) in [7, 11) is 0. The van der Waals surface area contributed by atoms with Crippen LogP contribution in [0, 0.1) is 0 Å². The van der Waals surface area contributed by atoms with Crippen molar-refractivity contribution in [3.05, 3.63) is 80.9 Å². The summed E-state index contributed by atoms with van der Waals surface area (Å²) >= 11 is 0. The lowest BCUT2D eigenvalue weighted by Crippen LogP contribution is -2.58. The number of benzene rings is 3. The number of aromatic nitrogens is 3. The minimum Gasteiger partial charge on any atom is -0.508 e. The van der Waals surface area contributed by atoms with Gasteiger partial charge < -0.3 is 86.0 Å². The summed E-state index contributed by atoms with van der Waals surface area (Å²) in [6.07, 6.45) is 0.0353. The number of nitrogens with one attached hydrogen (secondary N) is 7. The molecule has 5 atom stereocenters. The predicted molar refractivity (Wildman–Crippen MR) is 289 cm³/mol. The quantitative estimate of drug-likeness (QED) is 0.0108. The standard InChI is InChI=1S/C49H63N17O13/c1-23(40(72)61-32(8-5-19-57-46(54)55)42(74)62-34(15-16-37(69)70)43(75)60-31(39(51)71)7-4-18-56-45(52)53)58-41(73)33(6-2-3-17-50)63-48-64-47(65-49(78)66-48)59-24-9-12-27(30(20-24)44(76)77)38-28-13-10-25(67)21-35(28)79-36-22-26(68)11-14-29(36)38/h9-14,20-23,31-34,67H,2-8,15-19,50H2,1H3,(H2,51,71)(H,58,73)(H,60,75)(H,61,72)(H,62,74)(H,69,70)(H,76,77)(H4,52,53,56)(H4,54,55,57)(H3,59,63,64,65,66,78)/t23-,31-,32-,33-,34-/m0/s1. The van der Waals surface area contributed by atoms with Crippen molar-refractivity contribution in [1.82, 2.24) is 36.2 Å². The molecule has 0 bridgehead atoms. The number of phenolic OH excluding ortho intramolecular Hbond substituents is 1. The first kappa shape index (κ1) is 60.0. The average Bonchev–Trinajstić information content (AvgIpc) is 3.54. The first-order chi connectivity index (χ1) is 37.5. The van der Waals surface area contributed by atoms with Crippen molar-refractivity contribution in [2.75, 3.05) is 30.3 Å². The van der Waals surface area contributed by atoms with Gasteiger partial charge in [-0.05, 0) is 107 Å². The topological polar surface area (TPSA) is 522 Å². The van der Waals surface area contributed by atoms with E-state index in [4.69, 9.17) is 38.8 Å². The fourth-order valence-corrected chi connectivity index (χ4v) is 8.05. The maximum Gasteiger partial charge on any atom is 0.351 e. The fraction of sp³-hybridized carbons (Fsp3) is 0.367. The van der Waals surface area contributed by atoms with E-state index in [1.54, 1.807) is 6.07 Å². The van der Waals surface area contributed by atoms with Crippen molar-refractivity contribution in [2.24, 2.45) is 44.4 Å². The Hall–Kier alpha value is -9.87. The molecule has 0 unspecified atom stereocenters. The van der Waals surface area contributed by atoms with Crippen molar-refractivity contribution in [3.8, 4) is 28.2 Å². The molecule has 2 heterocycles. The Balaban J connectivity index is 1.34. The molecule has 0 fully saturated rings. The van der Waals surface area contributed by atoms with E-state index in [1.165, 1.54) is 55.5 Å². The minimum atomic E-state index is -1.55. The van der Waals surface area contributed by atoms with Crippen LogP contribution in [-0.2, 0) is 28.8 Å². The molecule has 1 aromatic heterocycles. The highest BCUT2D eigenvalue weighted by Gasteiger charge is 2.32. The van der Waals surface area contributed by atoms with Crippen LogP contribution in [0.15, 0.2) is 78.6 Å². The van der Waals surface area contributed by atoms with Crippen LogP contribution in [0.1, 0.15) is 75.1 Å². The van der Waals surface area contributed by atoms with E-state index in [-0.39, 0.29) is 115 Å². The van der Waals surface area contributed by atoms with Gasteiger partial charge >= 0.3 is 17.6 Å². The second-order valence-corrected chi connectivity index (χ2v) is 18.0. The summed E-state index contributed by atoms with van der Waals surface area (Å²) in [5.74, 6) is -8.18. The number of aromatic hydroxyl groups is 1. The van der Waals surface area contributed by atoms with Crippen LogP contribution >= 0.6 is 0 Å². The molecule has 0 radical (unpaired) electrons. The van der Waals surface area contributed by atoms with Crippen LogP contribution in [-0.4, -0.2) is 134 Å². The molecule has 22 N–H and O–H groups in total. The van der Waals surface area contributed by atoms with Crippen LogP contribution in [0.5, 0.6) is 5.75 Å². The number of aromatic amines is 1. The molecule has 30 nitrogen and oxygen atoms in total. The third kappa shape index (κ3) is 17.9. The van der Waals surface area contributed by atoms with E-state index >= 15 is 0 Å². The molecule has 0 saturated heterocycles. The summed E-state index contributed by atoms with van der Waals surface area (Å²) in [5.41, 5.74) is 32.7. The highest BCUT2D eigenvalue weighted by atomic mass is 16.4. The fourth-order valence-electron chi connectivity index (χ4n) is 8.05. The van der Waals surface area contributed by atoms with Gasteiger partial charge in [0.15, 0.2) is 17.3 Å². The molecule has 0 spiro atoms. The lowest BCUT2D eigenvalue weighted by Gasteiger charge is -2.26. The van der Waals surface area contributed by atoms with Crippen LogP contribution < -0.4 is 77.4 Å². The monoisotopic (exact) mass is 1100 g/mol. The Morgan fingerprint density at radius 3 is 1.92 bits per heavy atom. The zero-order valence-electron chi connectivity index (χ0n) is 42.7. The van der Waals surface area contributed by atoms with Crippen molar-refractivity contribution in [2.45, 2.75) is 94.9 Å². The Morgan fingerprint density at radius 2 is 1.29 bits per heavy atom. The van der Waals surface area contributed by atoms with Crippen LogP contribution in [0.3, 0.4) is 0 Å². The molecule has 1 aliphatic carbocycles. The van der Waals surface area contributed by atoms with Gasteiger partial charge in [-0.2, -0.15) is 9.97 Å². The lowest BCUT2D eigenvalue weighted by atomic mass is 9.90. The second-order valence-electron chi connectivity index (χ2n) is 18.0. The second kappa shape index (κ2) is 28.3. The summed E-state index contributed by atoms with van der Waals surface area (Å²) in [4.78, 5) is 135.